The zero-order valence-electron chi connectivity index (χ0n) is 8.61. The van der Waals surface area contributed by atoms with Crippen molar-refractivity contribution >= 4 is 11.6 Å². The highest BCUT2D eigenvalue weighted by Crippen LogP contribution is 2.32. The second kappa shape index (κ2) is 5.04. The molecule has 1 rings (SSSR count). The van der Waals surface area contributed by atoms with E-state index in [0.717, 1.165) is 0 Å². The molecule has 16 heavy (non-hydrogen) atoms. The average molecular weight is 255 g/mol. The van der Waals surface area contributed by atoms with Crippen LogP contribution in [0.1, 0.15) is 29.3 Å². The van der Waals surface area contributed by atoms with Gasteiger partial charge in [0.05, 0.1) is 5.38 Å². The molecular weight excluding hydrogens is 244 g/mol. The Kier molecular flexibility index (Phi) is 4.19. The fourth-order valence-corrected chi connectivity index (χ4v) is 1.56. The Hall–Kier alpha value is -0.770. The maximum absolute atomic E-state index is 12.9. The first-order valence-electron chi connectivity index (χ1n) is 4.76. The van der Waals surface area contributed by atoms with E-state index in [1.165, 1.54) is 18.2 Å². The SMILES string of the molecule is Cc1cc(C(Cl)CCC(F)(F)F)ccc1F. The fourth-order valence-electron chi connectivity index (χ4n) is 1.32. The molecule has 0 spiro atoms. The third-order valence-electron chi connectivity index (χ3n) is 2.22. The van der Waals surface area contributed by atoms with Crippen molar-refractivity contribution in [1.29, 1.82) is 0 Å². The van der Waals surface area contributed by atoms with Gasteiger partial charge in [0, 0.05) is 6.42 Å². The Morgan fingerprint density at radius 2 is 1.94 bits per heavy atom. The summed E-state index contributed by atoms with van der Waals surface area (Å²) in [6.45, 7) is 1.55. The van der Waals surface area contributed by atoms with E-state index in [-0.39, 0.29) is 12.2 Å². The summed E-state index contributed by atoms with van der Waals surface area (Å²) >= 11 is 5.81. The van der Waals surface area contributed by atoms with Crippen molar-refractivity contribution in [2.24, 2.45) is 0 Å². The topological polar surface area (TPSA) is 0 Å². The van der Waals surface area contributed by atoms with Crippen LogP contribution in [0.5, 0.6) is 0 Å². The smallest absolute Gasteiger partial charge is 0.207 e. The maximum Gasteiger partial charge on any atom is 0.389 e. The number of benzene rings is 1. The Morgan fingerprint density at radius 1 is 1.31 bits per heavy atom. The molecule has 1 aromatic rings. The number of halogens is 5. The first-order valence-corrected chi connectivity index (χ1v) is 5.20. The van der Waals surface area contributed by atoms with Gasteiger partial charge in [-0.15, -0.1) is 11.6 Å². The molecule has 1 unspecified atom stereocenters. The molecule has 0 saturated heterocycles. The summed E-state index contributed by atoms with van der Waals surface area (Å²) in [4.78, 5) is 0. The first kappa shape index (κ1) is 13.3. The number of rotatable bonds is 3. The minimum absolute atomic E-state index is 0.198. The van der Waals surface area contributed by atoms with Gasteiger partial charge in [0.15, 0.2) is 0 Å². The Balaban J connectivity index is 2.66. The van der Waals surface area contributed by atoms with E-state index in [4.69, 9.17) is 11.6 Å². The summed E-state index contributed by atoms with van der Waals surface area (Å²) in [5.74, 6) is -0.386. The highest BCUT2D eigenvalue weighted by atomic mass is 35.5. The van der Waals surface area contributed by atoms with Crippen LogP contribution in [-0.2, 0) is 0 Å². The lowest BCUT2D eigenvalue weighted by Crippen LogP contribution is -2.08. The first-order chi connectivity index (χ1) is 7.29. The van der Waals surface area contributed by atoms with Gasteiger partial charge >= 0.3 is 6.18 Å². The molecule has 0 amide bonds. The van der Waals surface area contributed by atoms with Crippen LogP contribution in [0.2, 0.25) is 0 Å². The quantitative estimate of drug-likeness (QED) is 0.539. The summed E-state index contributed by atoms with van der Waals surface area (Å²) in [5, 5.41) is -0.735. The predicted octanol–water partition coefficient (Wildman–Crippen LogP) is 4.76. The van der Waals surface area contributed by atoms with Crippen molar-refractivity contribution in [3.63, 3.8) is 0 Å². The van der Waals surface area contributed by atoms with Gasteiger partial charge in [-0.2, -0.15) is 13.2 Å². The van der Waals surface area contributed by atoms with E-state index in [1.807, 2.05) is 0 Å². The van der Waals surface area contributed by atoms with E-state index in [9.17, 15) is 17.6 Å². The van der Waals surface area contributed by atoms with Crippen LogP contribution in [0.4, 0.5) is 17.6 Å². The van der Waals surface area contributed by atoms with Crippen LogP contribution in [0.15, 0.2) is 18.2 Å². The molecule has 5 heteroatoms. The summed E-state index contributed by atoms with van der Waals surface area (Å²) in [6.07, 6.45) is -5.34. The van der Waals surface area contributed by atoms with Crippen molar-refractivity contribution in [1.82, 2.24) is 0 Å². The number of aryl methyl sites for hydroxylation is 1. The second-order valence-electron chi connectivity index (χ2n) is 3.63. The molecule has 1 aromatic carbocycles. The van der Waals surface area contributed by atoms with Crippen molar-refractivity contribution in [2.75, 3.05) is 0 Å². The molecule has 0 bridgehead atoms. The second-order valence-corrected chi connectivity index (χ2v) is 4.16. The van der Waals surface area contributed by atoms with Gasteiger partial charge in [-0.05, 0) is 30.5 Å². The molecule has 0 nitrogen and oxygen atoms in total. The molecule has 0 radical (unpaired) electrons. The molecule has 1 atom stereocenters. The lowest BCUT2D eigenvalue weighted by atomic mass is 10.0. The van der Waals surface area contributed by atoms with Crippen LogP contribution in [0.3, 0.4) is 0 Å². The summed E-state index contributed by atoms with van der Waals surface area (Å²) in [5.41, 5.74) is 0.903. The highest BCUT2D eigenvalue weighted by Gasteiger charge is 2.28. The summed E-state index contributed by atoms with van der Waals surface area (Å²) in [6, 6.07) is 4.10. The van der Waals surface area contributed by atoms with Gasteiger partial charge in [-0.1, -0.05) is 12.1 Å². The van der Waals surface area contributed by atoms with Crippen molar-refractivity contribution in [3.05, 3.63) is 35.1 Å². The van der Waals surface area contributed by atoms with Crippen molar-refractivity contribution in [2.45, 2.75) is 31.3 Å². The predicted molar refractivity (Wildman–Crippen MR) is 55.0 cm³/mol. The third-order valence-corrected chi connectivity index (χ3v) is 2.70. The third kappa shape index (κ3) is 4.00. The van der Waals surface area contributed by atoms with E-state index < -0.39 is 18.0 Å². The molecule has 90 valence electrons. The lowest BCUT2D eigenvalue weighted by Gasteiger charge is -2.12. The molecule has 0 saturated carbocycles. The minimum atomic E-state index is -4.21. The fraction of sp³-hybridized carbons (Fsp3) is 0.455. The molecule has 0 heterocycles. The number of alkyl halides is 4. The van der Waals surface area contributed by atoms with Gasteiger partial charge < -0.3 is 0 Å². The van der Waals surface area contributed by atoms with Crippen LogP contribution < -0.4 is 0 Å². The van der Waals surface area contributed by atoms with E-state index in [1.54, 1.807) is 6.92 Å². The lowest BCUT2D eigenvalue weighted by molar-refractivity contribution is -0.135. The summed E-state index contributed by atoms with van der Waals surface area (Å²) < 4.78 is 48.8. The zero-order valence-corrected chi connectivity index (χ0v) is 9.37. The molecule has 0 aliphatic rings. The van der Waals surface area contributed by atoms with Crippen LogP contribution in [0, 0.1) is 12.7 Å². The maximum atomic E-state index is 12.9. The molecular formula is C11H11ClF4. The zero-order chi connectivity index (χ0) is 12.3. The normalized spacial score (nSPS) is 13.9. The molecule has 0 N–H and O–H groups in total. The Morgan fingerprint density at radius 3 is 2.44 bits per heavy atom. The standard InChI is InChI=1S/C11H11ClF4/c1-7-6-8(2-3-10(7)13)9(12)4-5-11(14,15)16/h2-3,6,9H,4-5H2,1H3. The van der Waals surface area contributed by atoms with Crippen LogP contribution >= 0.6 is 11.6 Å². The minimum Gasteiger partial charge on any atom is -0.207 e. The van der Waals surface area contributed by atoms with E-state index >= 15 is 0 Å². The van der Waals surface area contributed by atoms with Crippen molar-refractivity contribution in [3.8, 4) is 0 Å². The molecule has 0 fully saturated rings. The Labute approximate surface area is 96.2 Å². The molecule has 0 aromatic heterocycles. The van der Waals surface area contributed by atoms with Crippen LogP contribution in [0.25, 0.3) is 0 Å². The highest BCUT2D eigenvalue weighted by molar-refractivity contribution is 6.20. The number of hydrogen-bond donors (Lipinski definition) is 0. The summed E-state index contributed by atoms with van der Waals surface area (Å²) in [7, 11) is 0. The molecule has 0 aliphatic heterocycles. The van der Waals surface area contributed by atoms with Gasteiger partial charge in [0.25, 0.3) is 0 Å². The van der Waals surface area contributed by atoms with Crippen LogP contribution in [-0.4, -0.2) is 6.18 Å². The van der Waals surface area contributed by atoms with E-state index in [0.29, 0.717) is 11.1 Å². The monoisotopic (exact) mass is 254 g/mol. The Bertz CT molecular complexity index is 359. The number of hydrogen-bond acceptors (Lipinski definition) is 0. The average Bonchev–Trinajstić information content (AvgIpc) is 2.17. The van der Waals surface area contributed by atoms with Crippen molar-refractivity contribution < 1.29 is 17.6 Å². The van der Waals surface area contributed by atoms with E-state index in [2.05, 4.69) is 0 Å². The van der Waals surface area contributed by atoms with Gasteiger partial charge in [0.1, 0.15) is 5.82 Å². The molecule has 0 aliphatic carbocycles. The van der Waals surface area contributed by atoms with Gasteiger partial charge in [-0.25, -0.2) is 4.39 Å². The van der Waals surface area contributed by atoms with Gasteiger partial charge in [0.2, 0.25) is 0 Å². The largest absolute Gasteiger partial charge is 0.389 e. The van der Waals surface area contributed by atoms with Gasteiger partial charge in [-0.3, -0.25) is 0 Å².